The number of aromatic nitrogens is 3. The first-order chi connectivity index (χ1) is 23.7. The number of pyridine rings is 3. The summed E-state index contributed by atoms with van der Waals surface area (Å²) < 4.78 is 6.24. The molecule has 1 fully saturated rings. The third kappa shape index (κ3) is 7.73. The van der Waals surface area contributed by atoms with Crippen LogP contribution in [0.3, 0.4) is 0 Å². The van der Waals surface area contributed by atoms with Gasteiger partial charge >= 0.3 is 0 Å². The van der Waals surface area contributed by atoms with Crippen LogP contribution in [0, 0.1) is 31.9 Å². The van der Waals surface area contributed by atoms with Gasteiger partial charge in [-0.15, -0.1) is 54.1 Å². The van der Waals surface area contributed by atoms with Crippen LogP contribution in [-0.4, -0.2) is 23.0 Å². The van der Waals surface area contributed by atoms with Gasteiger partial charge in [-0.1, -0.05) is 110 Å². The molecule has 0 amide bonds. The number of hydrogen-bond acceptors (Lipinski definition) is 4. The van der Waals surface area contributed by atoms with Crippen LogP contribution in [0.1, 0.15) is 42.4 Å². The van der Waals surface area contributed by atoms with Gasteiger partial charge in [0.25, 0.3) is 0 Å². The van der Waals surface area contributed by atoms with E-state index in [-0.39, 0.29) is 20.1 Å². The Hall–Kier alpha value is -4.22. The Morgan fingerprint density at radius 2 is 1.58 bits per heavy atom. The smallest absolute Gasteiger partial charge is 0.216 e. The van der Waals surface area contributed by atoms with Gasteiger partial charge in [0.2, 0.25) is 5.71 Å². The van der Waals surface area contributed by atoms with Crippen molar-refractivity contribution in [2.24, 2.45) is 5.92 Å². The minimum atomic E-state index is -1.35. The van der Waals surface area contributed by atoms with Crippen LogP contribution in [0.15, 0.2) is 108 Å². The number of hydrogen-bond donors (Lipinski definition) is 0. The van der Waals surface area contributed by atoms with Gasteiger partial charge < -0.3 is 14.4 Å². The van der Waals surface area contributed by atoms with Crippen molar-refractivity contribution in [3.8, 4) is 33.8 Å². The van der Waals surface area contributed by atoms with Gasteiger partial charge in [-0.05, 0) is 60.5 Å². The molecule has 255 valence electrons. The quantitative estimate of drug-likeness (QED) is 0.124. The van der Waals surface area contributed by atoms with Gasteiger partial charge in [0.1, 0.15) is 0 Å². The zero-order valence-corrected chi connectivity index (χ0v) is 32.9. The maximum atomic E-state index is 6.24. The van der Waals surface area contributed by atoms with E-state index in [9.17, 15) is 0 Å². The van der Waals surface area contributed by atoms with E-state index < -0.39 is 8.07 Å². The van der Waals surface area contributed by atoms with Crippen molar-refractivity contribution in [2.75, 3.05) is 0 Å². The predicted molar refractivity (Wildman–Crippen MR) is 206 cm³/mol. The molecule has 1 aliphatic carbocycles. The molecule has 0 N–H and O–H groups in total. The second-order valence-corrected chi connectivity index (χ2v) is 19.4. The van der Waals surface area contributed by atoms with E-state index >= 15 is 0 Å². The molecule has 4 heterocycles. The molecule has 1 aliphatic rings. The van der Waals surface area contributed by atoms with E-state index in [2.05, 4.69) is 93.2 Å². The van der Waals surface area contributed by atoms with Crippen LogP contribution >= 0.6 is 0 Å². The Balaban J connectivity index is 0.000000173. The molecule has 0 spiro atoms. The third-order valence-corrected chi connectivity index (χ3v) is 11.7. The van der Waals surface area contributed by atoms with Crippen LogP contribution in [0.2, 0.25) is 19.6 Å². The molecular weight excluding hydrogens is 807 g/mol. The topological polar surface area (TPSA) is 51.8 Å². The summed E-state index contributed by atoms with van der Waals surface area (Å²) in [6, 6.07) is 37.4. The van der Waals surface area contributed by atoms with Crippen molar-refractivity contribution in [3.63, 3.8) is 0 Å². The zero-order chi connectivity index (χ0) is 34.0. The summed E-state index contributed by atoms with van der Waals surface area (Å²) in [5.41, 5.74) is 11.2. The summed E-state index contributed by atoms with van der Waals surface area (Å²) in [5.74, 6) is 0.880. The zero-order valence-electron chi connectivity index (χ0n) is 29.5. The molecule has 0 aliphatic heterocycles. The van der Waals surface area contributed by atoms with E-state index in [0.29, 0.717) is 5.71 Å². The summed E-state index contributed by atoms with van der Waals surface area (Å²) in [5, 5.41) is 3.64. The summed E-state index contributed by atoms with van der Waals surface area (Å²) >= 11 is 0. The molecule has 50 heavy (non-hydrogen) atoms. The first kappa shape index (κ1) is 35.6. The number of fused-ring (bicyclic) bond motifs is 3. The molecule has 1 saturated carbocycles. The maximum Gasteiger partial charge on any atom is 0.216 e. The molecule has 3 aromatic carbocycles. The molecule has 0 atom stereocenters. The Bertz CT molecular complexity index is 2220. The molecule has 0 unspecified atom stereocenters. The van der Waals surface area contributed by atoms with Crippen LogP contribution in [0.5, 0.6) is 0 Å². The summed E-state index contributed by atoms with van der Waals surface area (Å²) in [6.07, 6.45) is 10.8. The Morgan fingerprint density at radius 3 is 2.30 bits per heavy atom. The summed E-state index contributed by atoms with van der Waals surface area (Å²) in [6.45, 7) is 11.4. The molecular formula is C44H43IrN3OSi-2. The molecule has 0 bridgehead atoms. The molecule has 8 rings (SSSR count). The van der Waals surface area contributed by atoms with Gasteiger partial charge in [-0.25, -0.2) is 4.98 Å². The van der Waals surface area contributed by atoms with E-state index in [0.717, 1.165) is 67.2 Å². The third-order valence-electron chi connectivity index (χ3n) is 9.61. The minimum absolute atomic E-state index is 0. The number of rotatable bonds is 6. The largest absolute Gasteiger partial charge is 0.486 e. The Labute approximate surface area is 310 Å². The summed E-state index contributed by atoms with van der Waals surface area (Å²) in [7, 11) is -1.35. The molecule has 7 aromatic rings. The molecule has 1 radical (unpaired) electrons. The Morgan fingerprint density at radius 1 is 0.800 bits per heavy atom. The molecule has 6 heteroatoms. The second kappa shape index (κ2) is 15.3. The van der Waals surface area contributed by atoms with Crippen molar-refractivity contribution < 1.29 is 24.5 Å². The fraction of sp³-hybridized carbons (Fsp3) is 0.250. The second-order valence-electron chi connectivity index (χ2n) is 14.4. The maximum absolute atomic E-state index is 6.24. The van der Waals surface area contributed by atoms with Crippen LogP contribution in [0.25, 0.3) is 55.8 Å². The average Bonchev–Trinajstić information content (AvgIpc) is 3.77. The monoisotopic (exact) mass is 850 g/mol. The summed E-state index contributed by atoms with van der Waals surface area (Å²) in [4.78, 5) is 14.1. The fourth-order valence-electron chi connectivity index (χ4n) is 7.12. The number of furan rings is 1. The number of aryl methyl sites for hydroxylation is 2. The van der Waals surface area contributed by atoms with Gasteiger partial charge in [0.05, 0.1) is 19.4 Å². The molecule has 4 aromatic heterocycles. The van der Waals surface area contributed by atoms with E-state index in [4.69, 9.17) is 14.4 Å². The number of benzene rings is 3. The first-order valence-electron chi connectivity index (χ1n) is 17.4. The van der Waals surface area contributed by atoms with Crippen molar-refractivity contribution in [1.82, 2.24) is 15.0 Å². The predicted octanol–water partition coefficient (Wildman–Crippen LogP) is 11.0. The fourth-order valence-corrected chi connectivity index (χ4v) is 8.70. The van der Waals surface area contributed by atoms with E-state index in [1.807, 2.05) is 60.8 Å². The SMILES string of the molecule is C[Si](C)(C)c1cnc(-c2[c-]cccc2)cc1CC1CCCC1.Cc1ccnc(-c2[c-]ccc3c2oc2nc(-c4ccccc4)cc(C)c23)c1.[Ir]. The van der Waals surface area contributed by atoms with Crippen molar-refractivity contribution in [3.05, 3.63) is 132 Å². The molecule has 4 nitrogen and oxygen atoms in total. The average molecular weight is 850 g/mol. The van der Waals surface area contributed by atoms with E-state index in [1.165, 1.54) is 32.1 Å². The van der Waals surface area contributed by atoms with Crippen LogP contribution in [-0.2, 0) is 26.5 Å². The van der Waals surface area contributed by atoms with Gasteiger partial charge in [0.15, 0.2) is 0 Å². The number of nitrogens with zero attached hydrogens (tertiary/aromatic N) is 3. The normalized spacial score (nSPS) is 13.2. The van der Waals surface area contributed by atoms with Crippen molar-refractivity contribution in [2.45, 2.75) is 65.6 Å². The van der Waals surface area contributed by atoms with Crippen LogP contribution in [0.4, 0.5) is 0 Å². The molecule has 0 saturated heterocycles. The van der Waals surface area contributed by atoms with Gasteiger partial charge in [-0.3, -0.25) is 0 Å². The van der Waals surface area contributed by atoms with Gasteiger partial charge in [0, 0.05) is 43.4 Å². The van der Waals surface area contributed by atoms with Crippen LogP contribution < -0.4 is 5.19 Å². The van der Waals surface area contributed by atoms with E-state index in [1.54, 1.807) is 10.8 Å². The first-order valence-corrected chi connectivity index (χ1v) is 20.9. The minimum Gasteiger partial charge on any atom is -0.486 e. The van der Waals surface area contributed by atoms with Crippen molar-refractivity contribution in [1.29, 1.82) is 0 Å². The van der Waals surface area contributed by atoms with Crippen molar-refractivity contribution >= 4 is 35.3 Å². The Kier molecular flexibility index (Phi) is 10.9. The van der Waals surface area contributed by atoms with Gasteiger partial charge in [-0.2, -0.15) is 0 Å². The standard InChI is InChI=1S/C24H17N2O.C20H26NSi.Ir/c1-15-11-12-25-21(13-15)18-9-6-10-19-22-16(2)14-20(17-7-4-3-5-8-17)26-24(22)27-23(18)19;1-22(2,3)20-15-21-19(17-11-5-4-6-12-17)14-18(20)13-16-9-7-8-10-16;/h3-8,10-14H,1-2H3;4-6,11,14-16H,7-10,13H2,1-3H3;/q2*-1;.